The molecule has 0 unspecified atom stereocenters. The van der Waals surface area contributed by atoms with E-state index in [-0.39, 0.29) is 5.91 Å². The van der Waals surface area contributed by atoms with Crippen molar-refractivity contribution in [3.05, 3.63) is 59.4 Å². The van der Waals surface area contributed by atoms with Crippen LogP contribution in [-0.4, -0.2) is 28.3 Å². The van der Waals surface area contributed by atoms with Crippen molar-refractivity contribution >= 4 is 23.2 Å². The van der Waals surface area contributed by atoms with Crippen LogP contribution in [0.25, 0.3) is 11.0 Å². The molecule has 0 bridgehead atoms. The standard InChI is InChI=1S/C20H22N4O2/c1-4-24-14(3)22-17-12-15(10-11-18(17)24)20(25)23-21-13-16-8-6-7-9-19(16)26-5-2/h6-13H,4-5H2,1-3H3,(H,23,25)/b21-13-. The number of rotatable bonds is 6. The minimum Gasteiger partial charge on any atom is -0.493 e. The van der Waals surface area contributed by atoms with E-state index in [1.54, 1.807) is 18.3 Å². The summed E-state index contributed by atoms with van der Waals surface area (Å²) in [4.78, 5) is 16.9. The predicted octanol–water partition coefficient (Wildman–Crippen LogP) is 3.53. The molecule has 0 fully saturated rings. The van der Waals surface area contributed by atoms with Gasteiger partial charge in [0, 0.05) is 17.7 Å². The van der Waals surface area contributed by atoms with Gasteiger partial charge in [-0.1, -0.05) is 12.1 Å². The smallest absolute Gasteiger partial charge is 0.271 e. The van der Waals surface area contributed by atoms with Crippen LogP contribution in [0.15, 0.2) is 47.6 Å². The lowest BCUT2D eigenvalue weighted by atomic mass is 10.2. The van der Waals surface area contributed by atoms with Gasteiger partial charge in [-0.2, -0.15) is 5.10 Å². The molecule has 0 saturated carbocycles. The number of hydrogen-bond donors (Lipinski definition) is 1. The number of imidazole rings is 1. The van der Waals surface area contributed by atoms with Crippen LogP contribution in [-0.2, 0) is 6.54 Å². The molecule has 3 aromatic rings. The molecular formula is C20H22N4O2. The Bertz CT molecular complexity index is 960. The summed E-state index contributed by atoms with van der Waals surface area (Å²) in [5, 5.41) is 4.05. The van der Waals surface area contributed by atoms with Gasteiger partial charge in [0.25, 0.3) is 5.91 Å². The average molecular weight is 350 g/mol. The lowest BCUT2D eigenvalue weighted by Gasteiger charge is -2.06. The Balaban J connectivity index is 1.75. The summed E-state index contributed by atoms with van der Waals surface area (Å²) in [6.45, 7) is 7.37. The van der Waals surface area contributed by atoms with Crippen molar-refractivity contribution in [3.63, 3.8) is 0 Å². The summed E-state index contributed by atoms with van der Waals surface area (Å²) < 4.78 is 7.65. The number of hydrazone groups is 1. The second-order valence-electron chi connectivity index (χ2n) is 5.78. The topological polar surface area (TPSA) is 68.5 Å². The molecule has 0 aliphatic heterocycles. The highest BCUT2D eigenvalue weighted by molar-refractivity contribution is 5.98. The average Bonchev–Trinajstić information content (AvgIpc) is 2.97. The van der Waals surface area contributed by atoms with Gasteiger partial charge in [-0.05, 0) is 51.1 Å². The zero-order chi connectivity index (χ0) is 18.5. The Kier molecular flexibility index (Phi) is 5.31. The molecule has 134 valence electrons. The third-order valence-electron chi connectivity index (χ3n) is 4.11. The zero-order valence-electron chi connectivity index (χ0n) is 15.2. The van der Waals surface area contributed by atoms with Gasteiger partial charge in [0.15, 0.2) is 0 Å². The molecule has 6 heteroatoms. The van der Waals surface area contributed by atoms with Crippen molar-refractivity contribution in [1.29, 1.82) is 0 Å². The van der Waals surface area contributed by atoms with Crippen molar-refractivity contribution in [2.75, 3.05) is 6.61 Å². The highest BCUT2D eigenvalue weighted by atomic mass is 16.5. The van der Waals surface area contributed by atoms with Crippen LogP contribution in [0.4, 0.5) is 0 Å². The normalized spacial score (nSPS) is 11.2. The summed E-state index contributed by atoms with van der Waals surface area (Å²) in [6, 6.07) is 13.0. The molecule has 0 aliphatic rings. The molecule has 3 rings (SSSR count). The van der Waals surface area contributed by atoms with E-state index in [1.165, 1.54) is 0 Å². The van der Waals surface area contributed by atoms with Gasteiger partial charge in [-0.15, -0.1) is 0 Å². The molecule has 0 atom stereocenters. The van der Waals surface area contributed by atoms with E-state index in [0.717, 1.165) is 34.7 Å². The Morgan fingerprint density at radius 2 is 2.08 bits per heavy atom. The number of ether oxygens (including phenoxy) is 1. The summed E-state index contributed by atoms with van der Waals surface area (Å²) in [6.07, 6.45) is 1.58. The van der Waals surface area contributed by atoms with Crippen LogP contribution in [0.2, 0.25) is 0 Å². The highest BCUT2D eigenvalue weighted by Gasteiger charge is 2.10. The summed E-state index contributed by atoms with van der Waals surface area (Å²) in [5.74, 6) is 1.39. The Labute approximate surface area is 152 Å². The predicted molar refractivity (Wildman–Crippen MR) is 103 cm³/mol. The second kappa shape index (κ2) is 7.82. The zero-order valence-corrected chi connectivity index (χ0v) is 15.2. The molecule has 26 heavy (non-hydrogen) atoms. The quantitative estimate of drug-likeness (QED) is 0.546. The number of carbonyl (C=O) groups excluding carboxylic acids is 1. The van der Waals surface area contributed by atoms with Gasteiger partial charge in [0.1, 0.15) is 11.6 Å². The summed E-state index contributed by atoms with van der Waals surface area (Å²) in [7, 11) is 0. The van der Waals surface area contributed by atoms with Crippen LogP contribution in [0.5, 0.6) is 5.75 Å². The van der Waals surface area contributed by atoms with Gasteiger partial charge in [-0.25, -0.2) is 10.4 Å². The minimum atomic E-state index is -0.277. The van der Waals surface area contributed by atoms with E-state index in [9.17, 15) is 4.79 Å². The van der Waals surface area contributed by atoms with Crippen molar-refractivity contribution in [3.8, 4) is 5.75 Å². The number of nitrogens with one attached hydrogen (secondary N) is 1. The van der Waals surface area contributed by atoms with Gasteiger partial charge in [0.2, 0.25) is 0 Å². The number of carbonyl (C=O) groups is 1. The van der Waals surface area contributed by atoms with Gasteiger partial charge in [0.05, 0.1) is 23.9 Å². The first kappa shape index (κ1) is 17.7. The summed E-state index contributed by atoms with van der Waals surface area (Å²) >= 11 is 0. The molecule has 1 aromatic heterocycles. The van der Waals surface area contributed by atoms with Crippen LogP contribution >= 0.6 is 0 Å². The second-order valence-corrected chi connectivity index (χ2v) is 5.78. The van der Waals surface area contributed by atoms with Crippen LogP contribution in [0, 0.1) is 6.92 Å². The van der Waals surface area contributed by atoms with E-state index < -0.39 is 0 Å². The number of amides is 1. The number of nitrogens with zero attached hydrogens (tertiary/aromatic N) is 3. The van der Waals surface area contributed by atoms with Gasteiger partial charge in [-0.3, -0.25) is 4.79 Å². The Morgan fingerprint density at radius 1 is 1.27 bits per heavy atom. The fourth-order valence-electron chi connectivity index (χ4n) is 2.89. The molecule has 0 spiro atoms. The maximum absolute atomic E-state index is 12.4. The van der Waals surface area contributed by atoms with E-state index >= 15 is 0 Å². The lowest BCUT2D eigenvalue weighted by molar-refractivity contribution is 0.0955. The molecule has 1 amide bonds. The number of aryl methyl sites for hydroxylation is 2. The Morgan fingerprint density at radius 3 is 2.85 bits per heavy atom. The monoisotopic (exact) mass is 350 g/mol. The number of fused-ring (bicyclic) bond motifs is 1. The molecule has 1 N–H and O–H groups in total. The fourth-order valence-corrected chi connectivity index (χ4v) is 2.89. The van der Waals surface area contributed by atoms with E-state index in [0.29, 0.717) is 12.2 Å². The summed E-state index contributed by atoms with van der Waals surface area (Å²) in [5.41, 5.74) is 5.72. The molecule has 6 nitrogen and oxygen atoms in total. The first-order valence-corrected chi connectivity index (χ1v) is 8.66. The first-order valence-electron chi connectivity index (χ1n) is 8.66. The van der Waals surface area contributed by atoms with Crippen LogP contribution < -0.4 is 10.2 Å². The van der Waals surface area contributed by atoms with Gasteiger partial charge < -0.3 is 9.30 Å². The SMILES string of the molecule is CCOc1ccccc1/C=N\NC(=O)c1ccc2c(c1)nc(C)n2CC. The largest absolute Gasteiger partial charge is 0.493 e. The molecule has 2 aromatic carbocycles. The molecule has 0 radical (unpaired) electrons. The maximum Gasteiger partial charge on any atom is 0.271 e. The number of para-hydroxylation sites is 1. The number of benzene rings is 2. The molecular weight excluding hydrogens is 328 g/mol. The highest BCUT2D eigenvalue weighted by Crippen LogP contribution is 2.18. The minimum absolute atomic E-state index is 0.277. The van der Waals surface area contributed by atoms with Crippen molar-refractivity contribution in [2.24, 2.45) is 5.10 Å². The van der Waals surface area contributed by atoms with Crippen molar-refractivity contribution < 1.29 is 9.53 Å². The van der Waals surface area contributed by atoms with E-state index in [4.69, 9.17) is 4.74 Å². The number of aromatic nitrogens is 2. The van der Waals surface area contributed by atoms with Crippen LogP contribution in [0.1, 0.15) is 35.6 Å². The fraction of sp³-hybridized carbons (Fsp3) is 0.250. The van der Waals surface area contributed by atoms with Crippen molar-refractivity contribution in [2.45, 2.75) is 27.3 Å². The van der Waals surface area contributed by atoms with E-state index in [2.05, 4.69) is 27.0 Å². The molecule has 1 heterocycles. The first-order chi connectivity index (χ1) is 12.6. The van der Waals surface area contributed by atoms with Gasteiger partial charge >= 0.3 is 0 Å². The molecule has 0 saturated heterocycles. The van der Waals surface area contributed by atoms with Crippen LogP contribution in [0.3, 0.4) is 0 Å². The van der Waals surface area contributed by atoms with Crippen molar-refractivity contribution in [1.82, 2.24) is 15.0 Å². The number of hydrogen-bond acceptors (Lipinski definition) is 4. The third kappa shape index (κ3) is 3.59. The Hall–Kier alpha value is -3.15. The lowest BCUT2D eigenvalue weighted by Crippen LogP contribution is -2.17. The maximum atomic E-state index is 12.4. The van der Waals surface area contributed by atoms with E-state index in [1.807, 2.05) is 44.2 Å². The third-order valence-corrected chi connectivity index (χ3v) is 4.11. The molecule has 0 aliphatic carbocycles.